The van der Waals surface area contributed by atoms with Gasteiger partial charge in [0.25, 0.3) is 5.69 Å². The van der Waals surface area contributed by atoms with Crippen molar-refractivity contribution in [3.05, 3.63) is 75.5 Å². The largest absolute Gasteiger partial charge is 0.356 e. The highest BCUT2D eigenvalue weighted by atomic mass is 16.6. The number of nitro benzene ring substituents is 1. The predicted molar refractivity (Wildman–Crippen MR) is 122 cm³/mol. The first-order valence-electron chi connectivity index (χ1n) is 11.5. The minimum atomic E-state index is -0.571. The van der Waals surface area contributed by atoms with Gasteiger partial charge in [-0.25, -0.2) is 0 Å². The van der Waals surface area contributed by atoms with Gasteiger partial charge in [-0.05, 0) is 42.2 Å². The van der Waals surface area contributed by atoms with Gasteiger partial charge in [0.15, 0.2) is 0 Å². The number of para-hydroxylation sites is 1. The molecular weight excluding hydrogens is 420 g/mol. The summed E-state index contributed by atoms with van der Waals surface area (Å²) in [6.45, 7) is 0.0963. The summed E-state index contributed by atoms with van der Waals surface area (Å²) < 4.78 is 0. The van der Waals surface area contributed by atoms with Gasteiger partial charge in [-0.1, -0.05) is 31.0 Å². The van der Waals surface area contributed by atoms with Crippen molar-refractivity contribution >= 4 is 28.4 Å². The van der Waals surface area contributed by atoms with Crippen LogP contribution in [0.4, 0.5) is 5.69 Å². The van der Waals surface area contributed by atoms with Crippen molar-refractivity contribution in [3.8, 4) is 0 Å². The molecule has 2 aliphatic heterocycles. The summed E-state index contributed by atoms with van der Waals surface area (Å²) in [6.07, 6.45) is 4.56. The van der Waals surface area contributed by atoms with E-state index < -0.39 is 17.0 Å². The molecular formula is C25H24N4O4. The number of H-pyrrole nitrogens is 1. The second kappa shape index (κ2) is 7.43. The van der Waals surface area contributed by atoms with Crippen LogP contribution in [0.2, 0.25) is 0 Å². The molecule has 3 aromatic rings. The van der Waals surface area contributed by atoms with Crippen molar-refractivity contribution in [1.82, 2.24) is 14.8 Å². The number of nitrogens with zero attached hydrogens (tertiary/aromatic N) is 3. The quantitative estimate of drug-likeness (QED) is 0.492. The molecule has 1 aromatic heterocycles. The summed E-state index contributed by atoms with van der Waals surface area (Å²) in [4.78, 5) is 45.0. The average molecular weight is 444 g/mol. The molecule has 8 nitrogen and oxygen atoms in total. The smallest absolute Gasteiger partial charge is 0.269 e. The third kappa shape index (κ3) is 3.04. The third-order valence-electron chi connectivity index (χ3n) is 7.48. The molecule has 1 unspecified atom stereocenters. The maximum absolute atomic E-state index is 13.7. The van der Waals surface area contributed by atoms with Crippen LogP contribution in [0.3, 0.4) is 0 Å². The zero-order valence-electron chi connectivity index (χ0n) is 18.1. The number of rotatable bonds is 3. The molecule has 0 radical (unpaired) electrons. The minimum Gasteiger partial charge on any atom is -0.356 e. The van der Waals surface area contributed by atoms with E-state index in [0.717, 1.165) is 53.4 Å². The first-order chi connectivity index (χ1) is 16.0. The number of carbonyl (C=O) groups is 2. The molecule has 33 heavy (non-hydrogen) atoms. The number of hydrogen-bond donors (Lipinski definition) is 1. The van der Waals surface area contributed by atoms with Crippen molar-refractivity contribution in [2.75, 3.05) is 6.54 Å². The molecule has 168 valence electrons. The van der Waals surface area contributed by atoms with Crippen LogP contribution in [-0.4, -0.2) is 50.1 Å². The fourth-order valence-electron chi connectivity index (χ4n) is 5.94. The Morgan fingerprint density at radius 1 is 1.00 bits per heavy atom. The Kier molecular flexibility index (Phi) is 4.50. The molecule has 6 rings (SSSR count). The van der Waals surface area contributed by atoms with Gasteiger partial charge in [0.05, 0.1) is 11.0 Å². The van der Waals surface area contributed by atoms with E-state index in [-0.39, 0.29) is 30.1 Å². The number of hydrogen-bond acceptors (Lipinski definition) is 4. The number of carbonyl (C=O) groups excluding carboxylic acids is 2. The Labute approximate surface area is 190 Å². The molecule has 2 fully saturated rings. The van der Waals surface area contributed by atoms with Crippen molar-refractivity contribution in [3.63, 3.8) is 0 Å². The van der Waals surface area contributed by atoms with Crippen molar-refractivity contribution in [2.45, 2.75) is 50.2 Å². The summed E-state index contributed by atoms with van der Waals surface area (Å²) in [5.41, 5.74) is 3.65. The van der Waals surface area contributed by atoms with Crippen LogP contribution in [-0.2, 0) is 16.0 Å². The van der Waals surface area contributed by atoms with Gasteiger partial charge in [-0.15, -0.1) is 0 Å². The van der Waals surface area contributed by atoms with E-state index in [1.54, 1.807) is 17.0 Å². The maximum Gasteiger partial charge on any atom is 0.269 e. The molecule has 3 aliphatic rings. The number of non-ortho nitro benzene ring substituents is 1. The number of aromatic amines is 1. The van der Waals surface area contributed by atoms with Crippen LogP contribution in [0.25, 0.3) is 10.9 Å². The van der Waals surface area contributed by atoms with Gasteiger partial charge < -0.3 is 14.8 Å². The van der Waals surface area contributed by atoms with Crippen LogP contribution in [0.1, 0.15) is 48.5 Å². The Morgan fingerprint density at radius 2 is 1.73 bits per heavy atom. The lowest BCUT2D eigenvalue weighted by molar-refractivity contribution is -0.384. The van der Waals surface area contributed by atoms with Crippen molar-refractivity contribution in [1.29, 1.82) is 0 Å². The van der Waals surface area contributed by atoms with Gasteiger partial charge in [0, 0.05) is 41.2 Å². The fourth-order valence-corrected chi connectivity index (χ4v) is 5.94. The standard InChI is InChI=1S/C25H24N4O4/c30-22-14-27(16-5-1-2-6-16)25(31)21-13-19-18-7-3-4-8-20(18)26-23(19)24(28(21)22)15-9-11-17(12-10-15)29(32)33/h3-4,7-12,16,21,24,26H,1-2,5-6,13-14H2/t21-,24?/m0/s1. The van der Waals surface area contributed by atoms with E-state index in [1.165, 1.54) is 12.1 Å². The van der Waals surface area contributed by atoms with Crippen LogP contribution >= 0.6 is 0 Å². The van der Waals surface area contributed by atoms with E-state index in [4.69, 9.17) is 0 Å². The molecule has 1 aliphatic carbocycles. The Balaban J connectivity index is 1.49. The van der Waals surface area contributed by atoms with Crippen LogP contribution in [0.15, 0.2) is 48.5 Å². The lowest BCUT2D eigenvalue weighted by Crippen LogP contribution is -2.64. The predicted octanol–water partition coefficient (Wildman–Crippen LogP) is 3.70. The summed E-state index contributed by atoms with van der Waals surface area (Å²) in [6, 6.07) is 13.4. The van der Waals surface area contributed by atoms with Crippen LogP contribution in [0, 0.1) is 10.1 Å². The molecule has 1 N–H and O–H groups in total. The number of amides is 2. The van der Waals surface area contributed by atoms with Gasteiger partial charge in [-0.2, -0.15) is 0 Å². The van der Waals surface area contributed by atoms with Gasteiger partial charge in [-0.3, -0.25) is 19.7 Å². The first-order valence-corrected chi connectivity index (χ1v) is 11.5. The number of piperazine rings is 1. The zero-order chi connectivity index (χ0) is 22.7. The minimum absolute atomic E-state index is 0.00330. The van der Waals surface area contributed by atoms with Crippen LogP contribution in [0.5, 0.6) is 0 Å². The average Bonchev–Trinajstić information content (AvgIpc) is 3.48. The molecule has 1 saturated carbocycles. The summed E-state index contributed by atoms with van der Waals surface area (Å²) in [5.74, 6) is -0.0523. The monoisotopic (exact) mass is 444 g/mol. The zero-order valence-corrected chi connectivity index (χ0v) is 18.1. The Hall–Kier alpha value is -3.68. The van der Waals surface area contributed by atoms with Crippen LogP contribution < -0.4 is 0 Å². The maximum atomic E-state index is 13.7. The number of aromatic nitrogens is 1. The third-order valence-corrected chi connectivity index (χ3v) is 7.48. The summed E-state index contributed by atoms with van der Waals surface area (Å²) in [7, 11) is 0. The van der Waals surface area contributed by atoms with E-state index in [0.29, 0.717) is 6.42 Å². The lowest BCUT2D eigenvalue weighted by atomic mass is 9.86. The SMILES string of the molecule is O=C1[C@@H]2Cc3c([nH]c4ccccc34)C(c3ccc([N+](=O)[O-])cc3)N2C(=O)CN1C1CCCC1. The number of benzene rings is 2. The highest BCUT2D eigenvalue weighted by molar-refractivity contribution is 5.97. The van der Waals surface area contributed by atoms with Gasteiger partial charge >= 0.3 is 0 Å². The molecule has 2 aromatic carbocycles. The molecule has 2 amide bonds. The molecule has 3 heterocycles. The first kappa shape index (κ1) is 20.0. The number of nitro groups is 1. The Bertz CT molecular complexity index is 1280. The second-order valence-corrected chi connectivity index (χ2v) is 9.24. The van der Waals surface area contributed by atoms with Crippen molar-refractivity contribution in [2.24, 2.45) is 0 Å². The van der Waals surface area contributed by atoms with Gasteiger partial charge in [0.2, 0.25) is 11.8 Å². The molecule has 1 saturated heterocycles. The van der Waals surface area contributed by atoms with Gasteiger partial charge in [0.1, 0.15) is 12.6 Å². The molecule has 0 bridgehead atoms. The molecule has 2 atom stereocenters. The summed E-state index contributed by atoms with van der Waals surface area (Å²) in [5, 5.41) is 12.2. The topological polar surface area (TPSA) is 99.5 Å². The number of fused-ring (bicyclic) bond motifs is 4. The highest BCUT2D eigenvalue weighted by Gasteiger charge is 2.49. The Morgan fingerprint density at radius 3 is 2.45 bits per heavy atom. The molecule has 0 spiro atoms. The number of nitrogens with one attached hydrogen (secondary N) is 1. The van der Waals surface area contributed by atoms with E-state index in [9.17, 15) is 19.7 Å². The normalized spacial score (nSPS) is 23.2. The van der Waals surface area contributed by atoms with E-state index in [1.807, 2.05) is 29.2 Å². The fraction of sp³-hybridized carbons (Fsp3) is 0.360. The van der Waals surface area contributed by atoms with E-state index >= 15 is 0 Å². The summed E-state index contributed by atoms with van der Waals surface area (Å²) >= 11 is 0. The molecule has 8 heteroatoms. The van der Waals surface area contributed by atoms with Crippen molar-refractivity contribution < 1.29 is 14.5 Å². The second-order valence-electron chi connectivity index (χ2n) is 9.24. The lowest BCUT2D eigenvalue weighted by Gasteiger charge is -2.48. The highest BCUT2D eigenvalue weighted by Crippen LogP contribution is 2.43. The van der Waals surface area contributed by atoms with E-state index in [2.05, 4.69) is 4.98 Å².